The number of aliphatic hydroxyl groups is 1. The largest absolute Gasteiger partial charge is 0.441 e. The number of rotatable bonds is 4. The maximum absolute atomic E-state index is 14.7. The van der Waals surface area contributed by atoms with Crippen LogP contribution in [0, 0.1) is 5.82 Å². The third-order valence-corrected chi connectivity index (χ3v) is 6.68. The SMILES string of the molecule is O=C1O[C@@H](CO)CN1c1ccc(-c2ccc(N3CCS(=O)(=O)CC3)nc2)c(F)c1. The molecule has 0 aliphatic carbocycles. The highest BCUT2D eigenvalue weighted by Crippen LogP contribution is 2.29. The van der Waals surface area contributed by atoms with Gasteiger partial charge in [-0.2, -0.15) is 0 Å². The number of hydrogen-bond donors (Lipinski definition) is 1. The summed E-state index contributed by atoms with van der Waals surface area (Å²) < 4.78 is 42.8. The molecule has 1 aromatic carbocycles. The second-order valence-electron chi connectivity index (χ2n) is 7.01. The van der Waals surface area contributed by atoms with Crippen molar-refractivity contribution in [3.8, 4) is 11.1 Å². The van der Waals surface area contributed by atoms with Crippen LogP contribution < -0.4 is 9.80 Å². The lowest BCUT2D eigenvalue weighted by Gasteiger charge is -2.27. The van der Waals surface area contributed by atoms with E-state index in [0.29, 0.717) is 35.7 Å². The van der Waals surface area contributed by atoms with Gasteiger partial charge in [-0.05, 0) is 30.3 Å². The van der Waals surface area contributed by atoms with E-state index in [1.807, 2.05) is 4.90 Å². The number of benzene rings is 1. The summed E-state index contributed by atoms with van der Waals surface area (Å²) >= 11 is 0. The number of hydrogen-bond acceptors (Lipinski definition) is 7. The number of aromatic nitrogens is 1. The zero-order valence-corrected chi connectivity index (χ0v) is 16.3. The topological polar surface area (TPSA) is 100 Å². The average Bonchev–Trinajstić information content (AvgIpc) is 3.09. The predicted octanol–water partition coefficient (Wildman–Crippen LogP) is 1.44. The molecule has 0 unspecified atom stereocenters. The number of carbonyl (C=O) groups excluding carboxylic acids is 1. The second kappa shape index (κ2) is 7.60. The van der Waals surface area contributed by atoms with Crippen molar-refractivity contribution >= 4 is 27.4 Å². The first-order valence-corrected chi connectivity index (χ1v) is 11.0. The molecule has 0 spiro atoms. The number of carbonyl (C=O) groups is 1. The van der Waals surface area contributed by atoms with Gasteiger partial charge in [-0.1, -0.05) is 0 Å². The Morgan fingerprint density at radius 1 is 1.21 bits per heavy atom. The molecule has 2 fully saturated rings. The van der Waals surface area contributed by atoms with Gasteiger partial charge in [0.1, 0.15) is 17.7 Å². The summed E-state index contributed by atoms with van der Waals surface area (Å²) in [5, 5.41) is 9.12. The van der Waals surface area contributed by atoms with Crippen LogP contribution in [0.4, 0.5) is 20.7 Å². The molecule has 1 atom stereocenters. The lowest BCUT2D eigenvalue weighted by Crippen LogP contribution is -2.40. The molecule has 3 heterocycles. The Bertz CT molecular complexity index is 1010. The van der Waals surface area contributed by atoms with Crippen molar-refractivity contribution in [3.63, 3.8) is 0 Å². The van der Waals surface area contributed by atoms with Crippen LogP contribution in [0.2, 0.25) is 0 Å². The lowest BCUT2D eigenvalue weighted by atomic mass is 10.1. The van der Waals surface area contributed by atoms with Gasteiger partial charge >= 0.3 is 6.09 Å². The van der Waals surface area contributed by atoms with Crippen molar-refractivity contribution in [2.45, 2.75) is 6.10 Å². The van der Waals surface area contributed by atoms with E-state index in [9.17, 15) is 17.6 Å². The minimum absolute atomic E-state index is 0.0998. The molecule has 0 radical (unpaired) electrons. The van der Waals surface area contributed by atoms with E-state index in [1.165, 1.54) is 11.0 Å². The molecule has 154 valence electrons. The van der Waals surface area contributed by atoms with Crippen LogP contribution in [-0.4, -0.2) is 68.5 Å². The Morgan fingerprint density at radius 3 is 2.55 bits per heavy atom. The first-order valence-electron chi connectivity index (χ1n) is 9.17. The molecule has 1 aromatic heterocycles. The Kier molecular flexibility index (Phi) is 5.13. The van der Waals surface area contributed by atoms with Gasteiger partial charge in [0.05, 0.1) is 30.3 Å². The van der Waals surface area contributed by atoms with Gasteiger partial charge in [0.15, 0.2) is 9.84 Å². The Labute approximate surface area is 167 Å². The fraction of sp³-hybridized carbons (Fsp3) is 0.368. The molecule has 10 heteroatoms. The van der Waals surface area contributed by atoms with E-state index in [0.717, 1.165) is 0 Å². The molecule has 0 bridgehead atoms. The van der Waals surface area contributed by atoms with E-state index >= 15 is 0 Å². The van der Waals surface area contributed by atoms with Gasteiger partial charge < -0.3 is 14.7 Å². The maximum atomic E-state index is 14.7. The third kappa shape index (κ3) is 4.03. The molecule has 2 aromatic rings. The quantitative estimate of drug-likeness (QED) is 0.797. The number of nitrogens with zero attached hydrogens (tertiary/aromatic N) is 3. The molecule has 2 aliphatic rings. The molecule has 1 N–H and O–H groups in total. The number of cyclic esters (lactones) is 1. The number of aliphatic hydroxyl groups excluding tert-OH is 1. The van der Waals surface area contributed by atoms with Crippen molar-refractivity contribution in [3.05, 3.63) is 42.3 Å². The molecule has 2 aliphatic heterocycles. The summed E-state index contributed by atoms with van der Waals surface area (Å²) in [6.07, 6.45) is 0.306. The van der Waals surface area contributed by atoms with Gasteiger partial charge in [0.25, 0.3) is 0 Å². The fourth-order valence-corrected chi connectivity index (χ4v) is 4.61. The molecular formula is C19H20FN3O5S. The molecular weight excluding hydrogens is 401 g/mol. The standard InChI is InChI=1S/C19H20FN3O5S/c20-17-9-14(23-11-15(12-24)28-19(23)25)2-3-16(17)13-1-4-18(21-10-13)22-5-7-29(26,27)8-6-22/h1-4,9-10,15,24H,5-8,11-12H2/t15-/m1/s1. The predicted molar refractivity (Wildman–Crippen MR) is 105 cm³/mol. The van der Waals surface area contributed by atoms with Crippen molar-refractivity contribution < 1.29 is 27.4 Å². The van der Waals surface area contributed by atoms with Crippen LogP contribution in [0.15, 0.2) is 36.5 Å². The molecule has 0 saturated carbocycles. The van der Waals surface area contributed by atoms with E-state index in [2.05, 4.69) is 4.98 Å². The van der Waals surface area contributed by atoms with E-state index in [-0.39, 0.29) is 24.7 Å². The van der Waals surface area contributed by atoms with Crippen LogP contribution >= 0.6 is 0 Å². The highest BCUT2D eigenvalue weighted by molar-refractivity contribution is 7.91. The highest BCUT2D eigenvalue weighted by atomic mass is 32.2. The summed E-state index contributed by atoms with van der Waals surface area (Å²) in [6, 6.07) is 7.90. The Morgan fingerprint density at radius 2 is 1.97 bits per heavy atom. The van der Waals surface area contributed by atoms with Gasteiger partial charge in [0, 0.05) is 30.4 Å². The number of ether oxygens (including phenoxy) is 1. The summed E-state index contributed by atoms with van der Waals surface area (Å²) in [6.45, 7) is 0.650. The zero-order valence-electron chi connectivity index (χ0n) is 15.5. The molecule has 4 rings (SSSR count). The van der Waals surface area contributed by atoms with Crippen molar-refractivity contribution in [1.82, 2.24) is 4.98 Å². The van der Waals surface area contributed by atoms with Crippen LogP contribution in [0.5, 0.6) is 0 Å². The molecule has 8 nitrogen and oxygen atoms in total. The van der Waals surface area contributed by atoms with E-state index < -0.39 is 27.9 Å². The highest BCUT2D eigenvalue weighted by Gasteiger charge is 2.32. The van der Waals surface area contributed by atoms with Crippen molar-refractivity contribution in [2.75, 3.05) is 47.5 Å². The zero-order chi connectivity index (χ0) is 20.6. The smallest absolute Gasteiger partial charge is 0.414 e. The van der Waals surface area contributed by atoms with Crippen LogP contribution in [0.1, 0.15) is 0 Å². The molecule has 1 amide bonds. The minimum atomic E-state index is -2.97. The first kappa shape index (κ1) is 19.6. The normalized spacial score (nSPS) is 21.3. The summed E-state index contributed by atoms with van der Waals surface area (Å²) in [4.78, 5) is 19.4. The van der Waals surface area contributed by atoms with Crippen molar-refractivity contribution in [1.29, 1.82) is 0 Å². The second-order valence-corrected chi connectivity index (χ2v) is 9.31. The third-order valence-electron chi connectivity index (χ3n) is 5.07. The number of sulfone groups is 1. The Hall–Kier alpha value is -2.72. The number of amides is 1. The van der Waals surface area contributed by atoms with E-state index in [4.69, 9.17) is 9.84 Å². The van der Waals surface area contributed by atoms with Crippen LogP contribution in [0.25, 0.3) is 11.1 Å². The van der Waals surface area contributed by atoms with Gasteiger partial charge in [-0.3, -0.25) is 4.90 Å². The van der Waals surface area contributed by atoms with E-state index in [1.54, 1.807) is 30.5 Å². The maximum Gasteiger partial charge on any atom is 0.414 e. The minimum Gasteiger partial charge on any atom is -0.441 e. The molecule has 29 heavy (non-hydrogen) atoms. The summed E-state index contributed by atoms with van der Waals surface area (Å²) in [7, 11) is -2.97. The van der Waals surface area contributed by atoms with Crippen LogP contribution in [-0.2, 0) is 14.6 Å². The fourth-order valence-electron chi connectivity index (χ4n) is 3.41. The number of halogens is 1. The average molecular weight is 421 g/mol. The Balaban J connectivity index is 1.51. The van der Waals surface area contributed by atoms with Gasteiger partial charge in [0.2, 0.25) is 0 Å². The summed E-state index contributed by atoms with van der Waals surface area (Å²) in [5.74, 6) is 0.336. The monoisotopic (exact) mass is 421 g/mol. The van der Waals surface area contributed by atoms with Gasteiger partial charge in [-0.15, -0.1) is 0 Å². The van der Waals surface area contributed by atoms with Gasteiger partial charge in [-0.25, -0.2) is 22.6 Å². The lowest BCUT2D eigenvalue weighted by molar-refractivity contribution is 0.0963. The van der Waals surface area contributed by atoms with Crippen molar-refractivity contribution in [2.24, 2.45) is 0 Å². The number of pyridine rings is 1. The summed E-state index contributed by atoms with van der Waals surface area (Å²) in [5.41, 5.74) is 1.26. The molecule has 2 saturated heterocycles. The van der Waals surface area contributed by atoms with Crippen LogP contribution in [0.3, 0.4) is 0 Å². The number of anilines is 2. The first-order chi connectivity index (χ1) is 13.9.